The Kier molecular flexibility index (Phi) is 6.49. The van der Waals surface area contributed by atoms with Crippen molar-refractivity contribution >= 4 is 23.2 Å². The van der Waals surface area contributed by atoms with Crippen molar-refractivity contribution in [2.24, 2.45) is 5.73 Å². The van der Waals surface area contributed by atoms with Crippen molar-refractivity contribution in [2.45, 2.75) is 31.7 Å². The van der Waals surface area contributed by atoms with Crippen LogP contribution in [0.4, 0.5) is 5.69 Å². The monoisotopic (exact) mass is 325 g/mol. The van der Waals surface area contributed by atoms with E-state index in [0.717, 1.165) is 25.8 Å². The van der Waals surface area contributed by atoms with Crippen LogP contribution >= 0.6 is 11.6 Å². The number of halogens is 1. The number of anilines is 1. The Labute approximate surface area is 136 Å². The second-order valence-electron chi connectivity index (χ2n) is 5.59. The fraction of sp³-hybridized carbons (Fsp3) is 0.562. The minimum Gasteiger partial charge on any atom is -0.495 e. The van der Waals surface area contributed by atoms with E-state index in [1.54, 1.807) is 25.3 Å². The highest BCUT2D eigenvalue weighted by atomic mass is 35.5. The quantitative estimate of drug-likeness (QED) is 0.843. The van der Waals surface area contributed by atoms with E-state index in [1.165, 1.54) is 6.42 Å². The first-order valence-electron chi connectivity index (χ1n) is 7.71. The number of amides is 1. The zero-order valence-electron chi connectivity index (χ0n) is 13.0. The van der Waals surface area contributed by atoms with Crippen LogP contribution in [0.25, 0.3) is 0 Å². The van der Waals surface area contributed by atoms with Crippen LogP contribution in [0.2, 0.25) is 5.02 Å². The normalized spacial score (nSPS) is 19.0. The highest BCUT2D eigenvalue weighted by Crippen LogP contribution is 2.28. The molecule has 1 heterocycles. The van der Waals surface area contributed by atoms with Gasteiger partial charge in [-0.15, -0.1) is 0 Å². The largest absolute Gasteiger partial charge is 0.495 e. The van der Waals surface area contributed by atoms with Crippen LogP contribution in [-0.4, -0.2) is 43.6 Å². The van der Waals surface area contributed by atoms with E-state index >= 15 is 0 Å². The summed E-state index contributed by atoms with van der Waals surface area (Å²) in [5, 5.41) is 3.46. The number of methoxy groups -OCH3 is 1. The smallest absolute Gasteiger partial charge is 0.238 e. The highest BCUT2D eigenvalue weighted by molar-refractivity contribution is 6.31. The number of hydrogen-bond acceptors (Lipinski definition) is 4. The van der Waals surface area contributed by atoms with Gasteiger partial charge in [0.05, 0.1) is 19.3 Å². The molecule has 0 aromatic heterocycles. The van der Waals surface area contributed by atoms with Crippen molar-refractivity contribution in [3.63, 3.8) is 0 Å². The predicted octanol–water partition coefficient (Wildman–Crippen LogP) is 2.49. The molecular weight excluding hydrogens is 302 g/mol. The van der Waals surface area contributed by atoms with Crippen LogP contribution in [0.15, 0.2) is 18.2 Å². The van der Waals surface area contributed by atoms with Crippen LogP contribution in [0.3, 0.4) is 0 Å². The van der Waals surface area contributed by atoms with Crippen LogP contribution in [0.1, 0.15) is 25.7 Å². The lowest BCUT2D eigenvalue weighted by molar-refractivity contribution is -0.118. The molecule has 2 rings (SSSR count). The Hall–Kier alpha value is -1.30. The first kappa shape index (κ1) is 17.1. The molecule has 3 N–H and O–H groups in total. The average Bonchev–Trinajstić information content (AvgIpc) is 2.50. The van der Waals surface area contributed by atoms with E-state index in [-0.39, 0.29) is 5.91 Å². The first-order valence-corrected chi connectivity index (χ1v) is 8.09. The maximum Gasteiger partial charge on any atom is 0.238 e. The molecule has 1 saturated heterocycles. The number of rotatable bonds is 6. The molecule has 0 aliphatic carbocycles. The van der Waals surface area contributed by atoms with E-state index in [2.05, 4.69) is 10.2 Å². The van der Waals surface area contributed by atoms with Gasteiger partial charge < -0.3 is 15.8 Å². The molecule has 6 heteroatoms. The summed E-state index contributed by atoms with van der Waals surface area (Å²) in [6.07, 6.45) is 4.40. The number of likely N-dealkylation sites (tertiary alicyclic amines) is 1. The Morgan fingerprint density at radius 3 is 3.05 bits per heavy atom. The number of nitrogens with two attached hydrogens (primary N) is 1. The molecule has 1 aliphatic rings. The molecule has 0 radical (unpaired) electrons. The average molecular weight is 326 g/mol. The number of hydrogen-bond donors (Lipinski definition) is 2. The summed E-state index contributed by atoms with van der Waals surface area (Å²) in [6.45, 7) is 1.98. The number of nitrogens with zero attached hydrogens (tertiary/aromatic N) is 1. The third-order valence-corrected chi connectivity index (χ3v) is 4.27. The van der Waals surface area contributed by atoms with Gasteiger partial charge in [0.15, 0.2) is 0 Å². The minimum absolute atomic E-state index is 0.0514. The van der Waals surface area contributed by atoms with E-state index in [0.29, 0.717) is 35.6 Å². The number of ether oxygens (including phenoxy) is 1. The van der Waals surface area contributed by atoms with E-state index in [4.69, 9.17) is 22.1 Å². The maximum atomic E-state index is 12.3. The lowest BCUT2D eigenvalue weighted by Crippen LogP contribution is -2.44. The lowest BCUT2D eigenvalue weighted by atomic mass is 9.99. The first-order chi connectivity index (χ1) is 10.6. The van der Waals surface area contributed by atoms with Gasteiger partial charge in [-0.1, -0.05) is 18.0 Å². The summed E-state index contributed by atoms with van der Waals surface area (Å²) in [7, 11) is 1.57. The Bertz CT molecular complexity index is 508. The SMILES string of the molecule is COc1ccc(Cl)cc1NC(=O)CN1CCCCC1CCN. The third kappa shape index (κ3) is 4.60. The second kappa shape index (κ2) is 8.36. The fourth-order valence-corrected chi connectivity index (χ4v) is 3.11. The standard InChI is InChI=1S/C16H24ClN3O2/c1-22-15-6-5-12(17)10-14(15)19-16(21)11-20-9-3-2-4-13(20)7-8-18/h5-6,10,13H,2-4,7-9,11,18H2,1H3,(H,19,21). The van der Waals surface area contributed by atoms with Gasteiger partial charge in [0, 0.05) is 11.1 Å². The van der Waals surface area contributed by atoms with Crippen LogP contribution < -0.4 is 15.8 Å². The van der Waals surface area contributed by atoms with Crippen LogP contribution in [0.5, 0.6) is 5.75 Å². The summed E-state index contributed by atoms with van der Waals surface area (Å²) in [5.74, 6) is 0.555. The molecule has 0 spiro atoms. The summed E-state index contributed by atoms with van der Waals surface area (Å²) in [5.41, 5.74) is 6.28. The molecule has 5 nitrogen and oxygen atoms in total. The zero-order valence-corrected chi connectivity index (χ0v) is 13.7. The van der Waals surface area contributed by atoms with Gasteiger partial charge in [0.1, 0.15) is 5.75 Å². The molecule has 1 unspecified atom stereocenters. The Balaban J connectivity index is 1.98. The van der Waals surface area contributed by atoms with Gasteiger partial charge >= 0.3 is 0 Å². The fourth-order valence-electron chi connectivity index (χ4n) is 2.94. The topological polar surface area (TPSA) is 67.6 Å². The van der Waals surface area contributed by atoms with Gasteiger partial charge in [-0.05, 0) is 50.6 Å². The Morgan fingerprint density at radius 1 is 1.50 bits per heavy atom. The van der Waals surface area contributed by atoms with E-state index in [9.17, 15) is 4.79 Å². The Morgan fingerprint density at radius 2 is 2.32 bits per heavy atom. The number of carbonyl (C=O) groups excluding carboxylic acids is 1. The zero-order chi connectivity index (χ0) is 15.9. The van der Waals surface area contributed by atoms with Gasteiger partial charge in [0.2, 0.25) is 5.91 Å². The van der Waals surface area contributed by atoms with Crippen molar-refractivity contribution in [2.75, 3.05) is 32.1 Å². The molecule has 122 valence electrons. The third-order valence-electron chi connectivity index (χ3n) is 4.03. The van der Waals surface area contributed by atoms with E-state index in [1.807, 2.05) is 0 Å². The van der Waals surface area contributed by atoms with Gasteiger partial charge in [-0.25, -0.2) is 0 Å². The molecule has 1 aromatic carbocycles. The van der Waals surface area contributed by atoms with E-state index < -0.39 is 0 Å². The second-order valence-corrected chi connectivity index (χ2v) is 6.03. The summed E-state index contributed by atoms with van der Waals surface area (Å²) in [4.78, 5) is 14.6. The molecule has 1 aliphatic heterocycles. The molecule has 22 heavy (non-hydrogen) atoms. The number of benzene rings is 1. The summed E-state index contributed by atoms with van der Waals surface area (Å²) >= 11 is 5.98. The summed E-state index contributed by atoms with van der Waals surface area (Å²) in [6, 6.07) is 5.59. The molecule has 0 bridgehead atoms. The summed E-state index contributed by atoms with van der Waals surface area (Å²) < 4.78 is 5.25. The number of nitrogens with one attached hydrogen (secondary N) is 1. The van der Waals surface area contributed by atoms with Gasteiger partial charge in [-0.3, -0.25) is 9.69 Å². The molecule has 1 atom stereocenters. The van der Waals surface area contributed by atoms with Crippen molar-refractivity contribution in [1.82, 2.24) is 4.90 Å². The molecule has 0 saturated carbocycles. The maximum absolute atomic E-state index is 12.3. The number of piperidine rings is 1. The molecule has 1 fully saturated rings. The van der Waals surface area contributed by atoms with Crippen molar-refractivity contribution in [1.29, 1.82) is 0 Å². The molecule has 1 aromatic rings. The predicted molar refractivity (Wildman–Crippen MR) is 89.5 cm³/mol. The molecule has 1 amide bonds. The van der Waals surface area contributed by atoms with Crippen molar-refractivity contribution in [3.05, 3.63) is 23.2 Å². The highest BCUT2D eigenvalue weighted by Gasteiger charge is 2.23. The van der Waals surface area contributed by atoms with Crippen LogP contribution in [-0.2, 0) is 4.79 Å². The number of carbonyl (C=O) groups is 1. The van der Waals surface area contributed by atoms with Gasteiger partial charge in [0.25, 0.3) is 0 Å². The molecular formula is C16H24ClN3O2. The van der Waals surface area contributed by atoms with Crippen molar-refractivity contribution < 1.29 is 9.53 Å². The van der Waals surface area contributed by atoms with Gasteiger partial charge in [-0.2, -0.15) is 0 Å². The van der Waals surface area contributed by atoms with Crippen LogP contribution in [0, 0.1) is 0 Å². The minimum atomic E-state index is -0.0514. The van der Waals surface area contributed by atoms with Crippen molar-refractivity contribution in [3.8, 4) is 5.75 Å². The lowest BCUT2D eigenvalue weighted by Gasteiger charge is -2.35.